The number of benzene rings is 1. The number of carbonyl (C=O) groups excluding carboxylic acids is 1. The Bertz CT molecular complexity index is 551. The number of aromatic amines is 1. The number of nitrogens with one attached hydrogen (secondary N) is 2. The maximum Gasteiger partial charge on any atom is 0.416 e. The lowest BCUT2D eigenvalue weighted by atomic mass is 10.2. The van der Waals surface area contributed by atoms with Gasteiger partial charge in [0.05, 0.1) is 11.8 Å². The molecule has 0 bridgehead atoms. The van der Waals surface area contributed by atoms with Crippen LogP contribution in [0, 0.1) is 0 Å². The number of amides is 1. The monoisotopic (exact) mass is 256 g/mol. The Hall–Kier alpha value is -2.38. The van der Waals surface area contributed by atoms with Crippen molar-refractivity contribution >= 4 is 11.6 Å². The summed E-state index contributed by atoms with van der Waals surface area (Å²) < 4.78 is 37.3. The second kappa shape index (κ2) is 4.47. The van der Waals surface area contributed by atoms with E-state index in [1.54, 1.807) is 0 Å². The molecule has 94 valence electrons. The predicted octanol–water partition coefficient (Wildman–Crippen LogP) is 2.08. The number of anilines is 1. The van der Waals surface area contributed by atoms with E-state index in [9.17, 15) is 18.0 Å². The second-order valence-corrected chi connectivity index (χ2v) is 3.39. The molecule has 0 radical (unpaired) electrons. The van der Waals surface area contributed by atoms with Crippen LogP contribution in [0.3, 0.4) is 0 Å². The molecule has 0 fully saturated rings. The Morgan fingerprint density at radius 2 is 2.11 bits per heavy atom. The van der Waals surface area contributed by atoms with Gasteiger partial charge in [0.1, 0.15) is 0 Å². The van der Waals surface area contributed by atoms with Crippen molar-refractivity contribution in [3.05, 3.63) is 41.7 Å². The van der Waals surface area contributed by atoms with Crippen LogP contribution in [-0.4, -0.2) is 21.3 Å². The highest BCUT2D eigenvalue weighted by molar-refractivity contribution is 6.02. The lowest BCUT2D eigenvalue weighted by molar-refractivity contribution is -0.137. The maximum absolute atomic E-state index is 12.4. The molecule has 0 spiro atoms. The van der Waals surface area contributed by atoms with Gasteiger partial charge in [-0.3, -0.25) is 4.79 Å². The molecule has 1 aromatic carbocycles. The Kier molecular flexibility index (Phi) is 3.00. The van der Waals surface area contributed by atoms with Crippen molar-refractivity contribution in [1.29, 1.82) is 0 Å². The van der Waals surface area contributed by atoms with Crippen molar-refractivity contribution in [1.82, 2.24) is 15.4 Å². The zero-order chi connectivity index (χ0) is 13.2. The highest BCUT2D eigenvalue weighted by Crippen LogP contribution is 2.30. The van der Waals surface area contributed by atoms with Crippen molar-refractivity contribution in [2.75, 3.05) is 5.32 Å². The van der Waals surface area contributed by atoms with Crippen LogP contribution in [0.5, 0.6) is 0 Å². The van der Waals surface area contributed by atoms with Gasteiger partial charge in [-0.15, -0.1) is 0 Å². The summed E-state index contributed by atoms with van der Waals surface area (Å²) >= 11 is 0. The fourth-order valence-electron chi connectivity index (χ4n) is 1.28. The van der Waals surface area contributed by atoms with Gasteiger partial charge in [-0.05, 0) is 18.2 Å². The Morgan fingerprint density at radius 1 is 1.33 bits per heavy atom. The van der Waals surface area contributed by atoms with Gasteiger partial charge in [0, 0.05) is 5.69 Å². The SMILES string of the molecule is O=C(Nc1cccc(C(F)(F)F)c1)c1cn[nH]n1. The number of carbonyl (C=O) groups is 1. The third kappa shape index (κ3) is 2.65. The first-order chi connectivity index (χ1) is 8.47. The summed E-state index contributed by atoms with van der Waals surface area (Å²) in [6.45, 7) is 0. The van der Waals surface area contributed by atoms with Crippen molar-refractivity contribution in [2.24, 2.45) is 0 Å². The first kappa shape index (κ1) is 12.1. The zero-order valence-corrected chi connectivity index (χ0v) is 8.82. The van der Waals surface area contributed by atoms with Crippen LogP contribution in [0.25, 0.3) is 0 Å². The maximum atomic E-state index is 12.4. The molecular weight excluding hydrogens is 249 g/mol. The average Bonchev–Trinajstić information content (AvgIpc) is 2.81. The van der Waals surface area contributed by atoms with E-state index in [4.69, 9.17) is 0 Å². The molecule has 2 aromatic rings. The number of hydrogen-bond donors (Lipinski definition) is 2. The smallest absolute Gasteiger partial charge is 0.321 e. The van der Waals surface area contributed by atoms with E-state index in [1.165, 1.54) is 18.3 Å². The van der Waals surface area contributed by atoms with Crippen LogP contribution < -0.4 is 5.32 Å². The number of hydrogen-bond acceptors (Lipinski definition) is 3. The van der Waals surface area contributed by atoms with Crippen molar-refractivity contribution in [3.8, 4) is 0 Å². The summed E-state index contributed by atoms with van der Waals surface area (Å²) in [7, 11) is 0. The van der Waals surface area contributed by atoms with Crippen molar-refractivity contribution in [3.63, 3.8) is 0 Å². The molecule has 0 unspecified atom stereocenters. The van der Waals surface area contributed by atoms with Crippen LogP contribution in [0.15, 0.2) is 30.5 Å². The molecule has 1 heterocycles. The molecular formula is C10H7F3N4O. The molecule has 1 aromatic heterocycles. The molecule has 0 saturated carbocycles. The predicted molar refractivity (Wildman–Crippen MR) is 55.8 cm³/mol. The van der Waals surface area contributed by atoms with E-state index < -0.39 is 17.6 Å². The molecule has 5 nitrogen and oxygen atoms in total. The van der Waals surface area contributed by atoms with Gasteiger partial charge in [0.25, 0.3) is 5.91 Å². The van der Waals surface area contributed by atoms with Crippen LogP contribution in [0.2, 0.25) is 0 Å². The molecule has 0 saturated heterocycles. The topological polar surface area (TPSA) is 70.7 Å². The van der Waals surface area contributed by atoms with E-state index in [2.05, 4.69) is 20.7 Å². The van der Waals surface area contributed by atoms with Gasteiger partial charge in [0.15, 0.2) is 5.69 Å². The Labute approximate surface area is 99.0 Å². The Morgan fingerprint density at radius 3 is 2.72 bits per heavy atom. The summed E-state index contributed by atoms with van der Waals surface area (Å²) in [4.78, 5) is 11.5. The molecule has 18 heavy (non-hydrogen) atoms. The van der Waals surface area contributed by atoms with Gasteiger partial charge in [-0.25, -0.2) is 0 Å². The van der Waals surface area contributed by atoms with Gasteiger partial charge < -0.3 is 5.32 Å². The fraction of sp³-hybridized carbons (Fsp3) is 0.100. The highest BCUT2D eigenvalue weighted by atomic mass is 19.4. The quantitative estimate of drug-likeness (QED) is 0.864. The van der Waals surface area contributed by atoms with Gasteiger partial charge in [0.2, 0.25) is 0 Å². The summed E-state index contributed by atoms with van der Waals surface area (Å²) in [5.74, 6) is -0.636. The third-order valence-corrected chi connectivity index (χ3v) is 2.10. The number of halogens is 3. The molecule has 0 aliphatic heterocycles. The first-order valence-corrected chi connectivity index (χ1v) is 4.81. The van der Waals surface area contributed by atoms with E-state index in [0.717, 1.165) is 12.1 Å². The average molecular weight is 256 g/mol. The fourth-order valence-corrected chi connectivity index (χ4v) is 1.28. The van der Waals surface area contributed by atoms with Gasteiger partial charge >= 0.3 is 6.18 Å². The van der Waals surface area contributed by atoms with E-state index in [-0.39, 0.29) is 11.4 Å². The lowest BCUT2D eigenvalue weighted by Gasteiger charge is -2.08. The molecule has 0 atom stereocenters. The summed E-state index contributed by atoms with van der Waals surface area (Å²) in [6.07, 6.45) is -3.28. The number of H-pyrrole nitrogens is 1. The van der Waals surface area contributed by atoms with E-state index >= 15 is 0 Å². The van der Waals surface area contributed by atoms with Crippen molar-refractivity contribution < 1.29 is 18.0 Å². The molecule has 2 N–H and O–H groups in total. The lowest BCUT2D eigenvalue weighted by Crippen LogP contribution is -2.13. The normalized spacial score (nSPS) is 11.3. The molecule has 8 heteroatoms. The van der Waals surface area contributed by atoms with Crippen LogP contribution in [0.4, 0.5) is 18.9 Å². The van der Waals surface area contributed by atoms with E-state index in [1.807, 2.05) is 0 Å². The number of alkyl halides is 3. The number of aromatic nitrogens is 3. The number of nitrogens with zero attached hydrogens (tertiary/aromatic N) is 2. The Balaban J connectivity index is 2.18. The third-order valence-electron chi connectivity index (χ3n) is 2.10. The summed E-state index contributed by atoms with van der Waals surface area (Å²) in [5, 5.41) is 11.5. The van der Waals surface area contributed by atoms with Crippen LogP contribution >= 0.6 is 0 Å². The standard InChI is InChI=1S/C10H7F3N4O/c11-10(12,13)6-2-1-3-7(4-6)15-9(18)8-5-14-17-16-8/h1-5H,(H,15,18)(H,14,16,17). The summed E-state index contributed by atoms with van der Waals surface area (Å²) in [5.41, 5.74) is -0.800. The van der Waals surface area contributed by atoms with Gasteiger partial charge in [-0.1, -0.05) is 6.07 Å². The minimum atomic E-state index is -4.45. The minimum absolute atomic E-state index is 0.00703. The minimum Gasteiger partial charge on any atom is -0.321 e. The number of rotatable bonds is 2. The molecule has 0 aliphatic rings. The zero-order valence-electron chi connectivity index (χ0n) is 8.82. The largest absolute Gasteiger partial charge is 0.416 e. The highest BCUT2D eigenvalue weighted by Gasteiger charge is 2.30. The summed E-state index contributed by atoms with van der Waals surface area (Å²) in [6, 6.07) is 4.33. The van der Waals surface area contributed by atoms with Gasteiger partial charge in [-0.2, -0.15) is 28.6 Å². The first-order valence-electron chi connectivity index (χ1n) is 4.81. The molecule has 0 aliphatic carbocycles. The molecule has 1 amide bonds. The second-order valence-electron chi connectivity index (χ2n) is 3.39. The van der Waals surface area contributed by atoms with E-state index in [0.29, 0.717) is 0 Å². The van der Waals surface area contributed by atoms with Crippen LogP contribution in [0.1, 0.15) is 16.1 Å². The molecule has 2 rings (SSSR count). The van der Waals surface area contributed by atoms with Crippen LogP contribution in [-0.2, 0) is 6.18 Å². The van der Waals surface area contributed by atoms with Crippen molar-refractivity contribution in [2.45, 2.75) is 6.18 Å².